The van der Waals surface area contributed by atoms with Crippen molar-refractivity contribution in [3.63, 3.8) is 0 Å². The number of rotatable bonds is 15. The summed E-state index contributed by atoms with van der Waals surface area (Å²) in [6.45, 7) is 27.8. The van der Waals surface area contributed by atoms with Crippen molar-refractivity contribution in [3.8, 4) is 23.0 Å². The number of aryl methyl sites for hydroxylation is 4. The highest BCUT2D eigenvalue weighted by atomic mass is 16.6. The van der Waals surface area contributed by atoms with E-state index in [1.54, 1.807) is 129 Å². The van der Waals surface area contributed by atoms with E-state index in [2.05, 4.69) is 16.0 Å². The number of ether oxygens (including phenoxy) is 7. The average Bonchev–Trinajstić information content (AvgIpc) is 3.99. The molecule has 4 heterocycles. The lowest BCUT2D eigenvalue weighted by molar-refractivity contribution is 0.0508. The Bertz CT molecular complexity index is 2690. The number of carboxylic acid groups (broad SMARTS) is 1. The van der Waals surface area contributed by atoms with Gasteiger partial charge in [-0.05, 0) is 96.9 Å². The van der Waals surface area contributed by atoms with Crippen LogP contribution < -0.4 is 35.9 Å². The highest BCUT2D eigenvalue weighted by Gasteiger charge is 2.29. The van der Waals surface area contributed by atoms with Gasteiger partial charge in [0, 0.05) is 79.2 Å². The number of nitrogens with two attached hydrogens (primary N) is 1. The van der Waals surface area contributed by atoms with Crippen molar-refractivity contribution in [1.82, 2.24) is 28.1 Å². The SMILES string of the molecule is CCN(CC)C(=O)c1c(O)c(N)cn1C.CCN(CC)C(=O)c1c(OC)c(NC(=O)OC(C)(C)C)cn1C.CCOC(=O)c1c(OC)c(NC(=O)OC(C)(C)C)cn1C.COc1c(NC(=O)OC(C)(C)C)cn(C)c1C(=O)O. The molecular formula is C52H84N10O16. The van der Waals surface area contributed by atoms with E-state index < -0.39 is 47.0 Å². The van der Waals surface area contributed by atoms with Gasteiger partial charge in [0.2, 0.25) is 0 Å². The minimum absolute atomic E-state index is 0.0476. The molecule has 0 spiro atoms. The summed E-state index contributed by atoms with van der Waals surface area (Å²) in [5.41, 5.74) is 5.70. The summed E-state index contributed by atoms with van der Waals surface area (Å²) >= 11 is 0. The van der Waals surface area contributed by atoms with Crippen LogP contribution in [0.4, 0.5) is 37.1 Å². The molecule has 26 heteroatoms. The third-order valence-corrected chi connectivity index (χ3v) is 10.3. The number of carboxylic acids is 1. The number of hydrogen-bond donors (Lipinski definition) is 6. The summed E-state index contributed by atoms with van der Waals surface area (Å²) < 4.78 is 42.1. The van der Waals surface area contributed by atoms with Crippen molar-refractivity contribution in [2.75, 3.05) is 75.8 Å². The van der Waals surface area contributed by atoms with Gasteiger partial charge < -0.3 is 77.2 Å². The number of carbonyl (C=O) groups is 7. The van der Waals surface area contributed by atoms with Crippen LogP contribution in [-0.2, 0) is 47.1 Å². The lowest BCUT2D eigenvalue weighted by atomic mass is 10.2. The Hall–Kier alpha value is -8.19. The molecule has 0 radical (unpaired) electrons. The predicted octanol–water partition coefficient (Wildman–Crippen LogP) is 8.29. The Kier molecular flexibility index (Phi) is 25.5. The van der Waals surface area contributed by atoms with Crippen LogP contribution in [0.5, 0.6) is 23.0 Å². The zero-order chi connectivity index (χ0) is 60.4. The number of hydrogen-bond acceptors (Lipinski definition) is 16. The average molecular weight is 1110 g/mol. The number of nitrogens with zero attached hydrogens (tertiary/aromatic N) is 6. The lowest BCUT2D eigenvalue weighted by Crippen LogP contribution is -2.32. The van der Waals surface area contributed by atoms with Crippen molar-refractivity contribution >= 4 is 64.8 Å². The van der Waals surface area contributed by atoms with Crippen LogP contribution in [0.1, 0.15) is 139 Å². The molecule has 0 aliphatic rings. The van der Waals surface area contributed by atoms with Crippen molar-refractivity contribution in [3.05, 3.63) is 47.6 Å². The lowest BCUT2D eigenvalue weighted by Gasteiger charge is -2.20. The molecule has 0 unspecified atom stereocenters. The molecule has 5 amide bonds. The van der Waals surface area contributed by atoms with E-state index in [9.17, 15) is 38.7 Å². The summed E-state index contributed by atoms with van der Waals surface area (Å²) in [4.78, 5) is 86.3. The van der Waals surface area contributed by atoms with E-state index in [-0.39, 0.29) is 64.1 Å². The Morgan fingerprint density at radius 1 is 0.513 bits per heavy atom. The van der Waals surface area contributed by atoms with Gasteiger partial charge in [0.25, 0.3) is 11.8 Å². The molecule has 4 rings (SSSR count). The molecule has 0 atom stereocenters. The second-order valence-electron chi connectivity index (χ2n) is 19.9. The number of amides is 5. The number of esters is 1. The smallest absolute Gasteiger partial charge is 0.412 e. The third kappa shape index (κ3) is 19.7. The molecule has 0 bridgehead atoms. The predicted molar refractivity (Wildman–Crippen MR) is 294 cm³/mol. The molecule has 0 saturated carbocycles. The fraction of sp³-hybridized carbons (Fsp3) is 0.558. The summed E-state index contributed by atoms with van der Waals surface area (Å²) in [5, 5.41) is 26.4. The third-order valence-electron chi connectivity index (χ3n) is 10.3. The molecule has 438 valence electrons. The van der Waals surface area contributed by atoms with Crippen LogP contribution in [0.3, 0.4) is 0 Å². The Morgan fingerprint density at radius 2 is 0.808 bits per heavy atom. The van der Waals surface area contributed by atoms with Crippen molar-refractivity contribution < 1.29 is 76.9 Å². The quantitative estimate of drug-likeness (QED) is 0.0481. The number of aromatic hydroxyl groups is 1. The van der Waals surface area contributed by atoms with E-state index in [4.69, 9.17) is 44.0 Å². The molecule has 0 fully saturated rings. The Labute approximate surface area is 456 Å². The molecule has 4 aromatic rings. The van der Waals surface area contributed by atoms with Crippen molar-refractivity contribution in [1.29, 1.82) is 0 Å². The van der Waals surface area contributed by atoms with Gasteiger partial charge in [-0.1, -0.05) is 0 Å². The number of aromatic carboxylic acids is 1. The number of carbonyl (C=O) groups excluding carboxylic acids is 6. The normalized spacial score (nSPS) is 10.9. The van der Waals surface area contributed by atoms with Crippen LogP contribution in [-0.4, -0.2) is 151 Å². The highest BCUT2D eigenvalue weighted by Crippen LogP contribution is 2.34. The molecule has 0 aliphatic heterocycles. The maximum absolute atomic E-state index is 12.6. The van der Waals surface area contributed by atoms with Gasteiger partial charge in [-0.25, -0.2) is 24.0 Å². The zero-order valence-corrected chi connectivity index (χ0v) is 49.2. The fourth-order valence-electron chi connectivity index (χ4n) is 7.08. The summed E-state index contributed by atoms with van der Waals surface area (Å²) in [7, 11) is 10.8. The number of nitrogen functional groups attached to an aromatic ring is 1. The van der Waals surface area contributed by atoms with Gasteiger partial charge in [0.15, 0.2) is 45.8 Å². The first-order valence-electron chi connectivity index (χ1n) is 24.8. The first kappa shape index (κ1) is 67.8. The maximum Gasteiger partial charge on any atom is 0.412 e. The van der Waals surface area contributed by atoms with Gasteiger partial charge in [-0.15, -0.1) is 0 Å². The van der Waals surface area contributed by atoms with Crippen molar-refractivity contribution in [2.24, 2.45) is 28.2 Å². The van der Waals surface area contributed by atoms with Crippen LogP contribution in [0.15, 0.2) is 24.8 Å². The minimum Gasteiger partial charge on any atom is -0.504 e. The Morgan fingerprint density at radius 3 is 1.09 bits per heavy atom. The summed E-state index contributed by atoms with van der Waals surface area (Å²) in [6, 6.07) is 0. The molecule has 78 heavy (non-hydrogen) atoms. The zero-order valence-electron chi connectivity index (χ0n) is 49.2. The van der Waals surface area contributed by atoms with Gasteiger partial charge in [0.05, 0.1) is 33.6 Å². The largest absolute Gasteiger partial charge is 0.504 e. The van der Waals surface area contributed by atoms with E-state index in [1.807, 2.05) is 27.7 Å². The maximum atomic E-state index is 12.6. The van der Waals surface area contributed by atoms with Crippen LogP contribution >= 0.6 is 0 Å². The molecular weight excluding hydrogens is 1020 g/mol. The van der Waals surface area contributed by atoms with Gasteiger partial charge in [-0.3, -0.25) is 25.5 Å². The Balaban J connectivity index is 0.000000525. The number of methoxy groups -OCH3 is 3. The first-order chi connectivity index (χ1) is 36.0. The van der Waals surface area contributed by atoms with Crippen molar-refractivity contribution in [2.45, 2.75) is 114 Å². The van der Waals surface area contributed by atoms with E-state index in [0.29, 0.717) is 49.0 Å². The standard InChI is InChI=1S/C16H27N3O4.C14H22N2O5.C12H18N2O5.C10H17N3O2/c1-8-19(9-2)14(20)12-13(22-7)11(10-18(12)6)17-15(21)23-16(3,4)5;1-7-20-12(17)10-11(19-6)9(8-16(10)5)15-13(18)21-14(2,3)4;1-12(2,3)19-11(17)13-7-6-14(4)8(10(15)16)9(7)18-5;1-4-13(5-2)10(15)8-9(14)7(11)6-12(8)3/h10H,8-9H2,1-7H3,(H,17,21);8H,7H2,1-6H3,(H,15,18);6H,1-5H3,(H,13,17)(H,15,16);6,14H,4-5,11H2,1-3H3. The van der Waals surface area contributed by atoms with Gasteiger partial charge >= 0.3 is 30.2 Å². The second kappa shape index (κ2) is 29.4. The van der Waals surface area contributed by atoms with Crippen LogP contribution in [0.25, 0.3) is 0 Å². The van der Waals surface area contributed by atoms with Gasteiger partial charge in [0.1, 0.15) is 33.9 Å². The van der Waals surface area contributed by atoms with E-state index in [0.717, 1.165) is 0 Å². The first-order valence-corrected chi connectivity index (χ1v) is 24.8. The molecule has 26 nitrogen and oxygen atoms in total. The topological polar surface area (TPSA) is 313 Å². The molecule has 0 aliphatic carbocycles. The fourth-order valence-corrected chi connectivity index (χ4v) is 7.08. The summed E-state index contributed by atoms with van der Waals surface area (Å²) in [5.74, 6) is -1.48. The molecule has 0 saturated heterocycles. The number of aromatic nitrogens is 4. The number of nitrogens with one attached hydrogen (secondary N) is 3. The van der Waals surface area contributed by atoms with E-state index >= 15 is 0 Å². The second-order valence-corrected chi connectivity index (χ2v) is 19.9. The summed E-state index contributed by atoms with van der Waals surface area (Å²) in [6.07, 6.45) is 4.30. The van der Waals surface area contributed by atoms with Crippen LogP contribution in [0, 0.1) is 0 Å². The van der Waals surface area contributed by atoms with E-state index in [1.165, 1.54) is 42.9 Å². The highest BCUT2D eigenvalue weighted by molar-refractivity contribution is 6.00. The van der Waals surface area contributed by atoms with Gasteiger partial charge in [-0.2, -0.15) is 0 Å². The molecule has 7 N–H and O–H groups in total. The molecule has 0 aromatic carbocycles. The number of anilines is 4. The monoisotopic (exact) mass is 1100 g/mol. The molecule has 4 aromatic heterocycles. The van der Waals surface area contributed by atoms with Crippen LogP contribution in [0.2, 0.25) is 0 Å². The minimum atomic E-state index is -1.14.